The molecule has 2 N–H and O–H groups in total. The van der Waals surface area contributed by atoms with E-state index < -0.39 is 21.4 Å². The minimum absolute atomic E-state index is 0.140. The number of rotatable bonds is 5. The normalized spacial score (nSPS) is 17.2. The van der Waals surface area contributed by atoms with Gasteiger partial charge in [-0.15, -0.1) is 0 Å². The van der Waals surface area contributed by atoms with Gasteiger partial charge >= 0.3 is 5.97 Å². The number of nitrogens with zero attached hydrogens (tertiary/aromatic N) is 1. The van der Waals surface area contributed by atoms with E-state index in [-0.39, 0.29) is 11.8 Å². The van der Waals surface area contributed by atoms with Crippen molar-refractivity contribution in [1.82, 2.24) is 4.31 Å². The van der Waals surface area contributed by atoms with Crippen molar-refractivity contribution in [2.75, 3.05) is 24.7 Å². The lowest BCUT2D eigenvalue weighted by Gasteiger charge is -2.29. The lowest BCUT2D eigenvalue weighted by molar-refractivity contribution is -0.142. The van der Waals surface area contributed by atoms with E-state index in [0.717, 1.165) is 0 Å². The molecule has 0 aliphatic carbocycles. The second kappa shape index (κ2) is 7.13. The number of benzene rings is 1. The van der Waals surface area contributed by atoms with Gasteiger partial charge in [0.05, 0.1) is 11.7 Å². The molecule has 1 fully saturated rings. The predicted octanol–water partition coefficient (Wildman–Crippen LogP) is 1.66. The Morgan fingerprint density at radius 1 is 1.16 bits per heavy atom. The summed E-state index contributed by atoms with van der Waals surface area (Å²) in [5, 5.41) is 12.1. The number of carbonyl (C=O) groups is 2. The maximum atomic E-state index is 12.3. The van der Waals surface area contributed by atoms with E-state index in [2.05, 4.69) is 5.32 Å². The molecule has 1 amide bonds. The van der Waals surface area contributed by atoms with Crippen LogP contribution in [0, 0.1) is 5.92 Å². The molecule has 138 valence electrons. The summed E-state index contributed by atoms with van der Waals surface area (Å²) in [5.41, 5.74) is 0.251. The van der Waals surface area contributed by atoms with Crippen LogP contribution in [0.3, 0.4) is 0 Å². The Labute approximate surface area is 148 Å². The molecule has 1 aliphatic rings. The number of carboxylic acid groups (broad SMARTS) is 1. The van der Waals surface area contributed by atoms with E-state index in [0.29, 0.717) is 37.2 Å². The van der Waals surface area contributed by atoms with Gasteiger partial charge in [0.15, 0.2) is 0 Å². The average Bonchev–Trinajstić information content (AvgIpc) is 2.54. The Bertz CT molecular complexity index is 748. The van der Waals surface area contributed by atoms with E-state index >= 15 is 0 Å². The number of hydrogen-bond acceptors (Lipinski definition) is 4. The standard InChI is InChI=1S/C17H24N2O5S/c1-17(2,16(21)22)13-4-6-14(7-5-13)18-15(20)12-8-10-19(11-9-12)25(3,23)24/h4-7,12H,8-11H2,1-3H3,(H,18,20)(H,21,22). The molecule has 8 heteroatoms. The first-order valence-corrected chi connectivity index (χ1v) is 9.96. The van der Waals surface area contributed by atoms with E-state index in [1.165, 1.54) is 10.6 Å². The minimum atomic E-state index is -3.21. The molecular weight excluding hydrogens is 344 g/mol. The summed E-state index contributed by atoms with van der Waals surface area (Å²) >= 11 is 0. The summed E-state index contributed by atoms with van der Waals surface area (Å²) in [6, 6.07) is 6.75. The van der Waals surface area contributed by atoms with Crippen LogP contribution in [0.15, 0.2) is 24.3 Å². The third kappa shape index (κ3) is 4.58. The fourth-order valence-corrected chi connectivity index (χ4v) is 3.66. The summed E-state index contributed by atoms with van der Waals surface area (Å²) in [7, 11) is -3.21. The first-order chi connectivity index (χ1) is 11.5. The number of sulfonamides is 1. The highest BCUT2D eigenvalue weighted by Gasteiger charge is 2.30. The predicted molar refractivity (Wildman–Crippen MR) is 94.9 cm³/mol. The van der Waals surface area contributed by atoms with Gasteiger partial charge < -0.3 is 10.4 Å². The van der Waals surface area contributed by atoms with E-state index in [1.54, 1.807) is 38.1 Å². The van der Waals surface area contributed by atoms with E-state index in [4.69, 9.17) is 0 Å². The summed E-state index contributed by atoms with van der Waals surface area (Å²) < 4.78 is 24.4. The molecule has 0 spiro atoms. The Hall–Kier alpha value is -1.93. The summed E-state index contributed by atoms with van der Waals surface area (Å²) in [6.07, 6.45) is 2.15. The molecule has 1 aromatic carbocycles. The number of carbonyl (C=O) groups excluding carboxylic acids is 1. The molecule has 0 saturated carbocycles. The summed E-state index contributed by atoms with van der Waals surface area (Å²) in [6.45, 7) is 3.95. The van der Waals surface area contributed by atoms with Crippen LogP contribution in [0.2, 0.25) is 0 Å². The van der Waals surface area contributed by atoms with Gasteiger partial charge in [-0.05, 0) is 44.4 Å². The Kier molecular flexibility index (Phi) is 5.53. The number of carboxylic acids is 1. The van der Waals surface area contributed by atoms with Crippen LogP contribution in [0.5, 0.6) is 0 Å². The number of hydrogen-bond donors (Lipinski definition) is 2. The monoisotopic (exact) mass is 368 g/mol. The SMILES string of the molecule is CC(C)(C(=O)O)c1ccc(NC(=O)C2CCN(S(C)(=O)=O)CC2)cc1. The Morgan fingerprint density at radius 3 is 2.12 bits per heavy atom. The highest BCUT2D eigenvalue weighted by Crippen LogP contribution is 2.26. The molecule has 1 aliphatic heterocycles. The smallest absolute Gasteiger partial charge is 0.313 e. The van der Waals surface area contributed by atoms with Crippen LogP contribution in [-0.4, -0.2) is 49.1 Å². The van der Waals surface area contributed by atoms with Crippen molar-refractivity contribution in [3.63, 3.8) is 0 Å². The minimum Gasteiger partial charge on any atom is -0.481 e. The van der Waals surface area contributed by atoms with Crippen molar-refractivity contribution in [1.29, 1.82) is 0 Å². The van der Waals surface area contributed by atoms with Crippen molar-refractivity contribution < 1.29 is 23.1 Å². The molecule has 0 radical (unpaired) electrons. The molecule has 25 heavy (non-hydrogen) atoms. The number of anilines is 1. The van der Waals surface area contributed by atoms with Crippen molar-refractivity contribution in [2.45, 2.75) is 32.1 Å². The zero-order valence-electron chi connectivity index (χ0n) is 14.7. The zero-order chi connectivity index (χ0) is 18.8. The zero-order valence-corrected chi connectivity index (χ0v) is 15.5. The maximum Gasteiger partial charge on any atom is 0.313 e. The maximum absolute atomic E-state index is 12.3. The van der Waals surface area contributed by atoms with Crippen molar-refractivity contribution in [2.24, 2.45) is 5.92 Å². The molecule has 7 nitrogen and oxygen atoms in total. The lowest BCUT2D eigenvalue weighted by Crippen LogP contribution is -2.40. The number of amides is 1. The number of aliphatic carboxylic acids is 1. The fraction of sp³-hybridized carbons (Fsp3) is 0.529. The molecule has 1 saturated heterocycles. The van der Waals surface area contributed by atoms with Crippen LogP contribution in [0.4, 0.5) is 5.69 Å². The van der Waals surface area contributed by atoms with Gasteiger partial charge in [0.25, 0.3) is 0 Å². The number of piperidine rings is 1. The third-order valence-electron chi connectivity index (χ3n) is 4.70. The van der Waals surface area contributed by atoms with E-state index in [9.17, 15) is 23.1 Å². The van der Waals surface area contributed by atoms with Crippen LogP contribution in [-0.2, 0) is 25.0 Å². The van der Waals surface area contributed by atoms with Crippen LogP contribution in [0.1, 0.15) is 32.3 Å². The fourth-order valence-electron chi connectivity index (χ4n) is 2.79. The largest absolute Gasteiger partial charge is 0.481 e. The molecule has 1 heterocycles. The van der Waals surface area contributed by atoms with Gasteiger partial charge in [0.2, 0.25) is 15.9 Å². The van der Waals surface area contributed by atoms with Crippen molar-refractivity contribution in [3.05, 3.63) is 29.8 Å². The highest BCUT2D eigenvalue weighted by molar-refractivity contribution is 7.88. The van der Waals surface area contributed by atoms with Crippen LogP contribution < -0.4 is 5.32 Å². The molecule has 2 rings (SSSR count). The molecule has 0 atom stereocenters. The van der Waals surface area contributed by atoms with Crippen molar-refractivity contribution in [3.8, 4) is 0 Å². The van der Waals surface area contributed by atoms with Gasteiger partial charge in [-0.1, -0.05) is 12.1 Å². The van der Waals surface area contributed by atoms with Crippen molar-refractivity contribution >= 4 is 27.6 Å². The van der Waals surface area contributed by atoms with Crippen LogP contribution in [0.25, 0.3) is 0 Å². The molecule has 0 unspecified atom stereocenters. The first kappa shape index (κ1) is 19.4. The van der Waals surface area contributed by atoms with Gasteiger partial charge in [-0.3, -0.25) is 9.59 Å². The van der Waals surface area contributed by atoms with Gasteiger partial charge in [0.1, 0.15) is 0 Å². The quantitative estimate of drug-likeness (QED) is 0.823. The lowest BCUT2D eigenvalue weighted by atomic mass is 9.85. The molecule has 1 aromatic rings. The first-order valence-electron chi connectivity index (χ1n) is 8.12. The van der Waals surface area contributed by atoms with Gasteiger partial charge in [0, 0.05) is 24.7 Å². The van der Waals surface area contributed by atoms with Gasteiger partial charge in [-0.25, -0.2) is 12.7 Å². The topological polar surface area (TPSA) is 104 Å². The second-order valence-electron chi connectivity index (χ2n) is 6.93. The summed E-state index contributed by atoms with van der Waals surface area (Å²) in [5.74, 6) is -1.28. The number of nitrogens with one attached hydrogen (secondary N) is 1. The highest BCUT2D eigenvalue weighted by atomic mass is 32.2. The average molecular weight is 368 g/mol. The summed E-state index contributed by atoms with van der Waals surface area (Å²) in [4.78, 5) is 23.6. The van der Waals surface area contributed by atoms with Crippen LogP contribution >= 0.6 is 0 Å². The van der Waals surface area contributed by atoms with Gasteiger partial charge in [-0.2, -0.15) is 0 Å². The Morgan fingerprint density at radius 2 is 1.68 bits per heavy atom. The third-order valence-corrected chi connectivity index (χ3v) is 6.01. The van der Waals surface area contributed by atoms with E-state index in [1.807, 2.05) is 0 Å². The molecule has 0 bridgehead atoms. The second-order valence-corrected chi connectivity index (χ2v) is 8.92. The molecular formula is C17H24N2O5S. The Balaban J connectivity index is 1.97. The molecule has 0 aromatic heterocycles.